The number of rotatable bonds is 3. The van der Waals surface area contributed by atoms with E-state index in [-0.39, 0.29) is 5.82 Å². The third-order valence-corrected chi connectivity index (χ3v) is 3.77. The van der Waals surface area contributed by atoms with Crippen LogP contribution >= 0.6 is 0 Å². The highest BCUT2D eigenvalue weighted by atomic mass is 32.2. The molecule has 0 saturated heterocycles. The largest absolute Gasteiger partial charge is 0.384 e. The lowest BCUT2D eigenvalue weighted by atomic mass is 10.4. The van der Waals surface area contributed by atoms with Gasteiger partial charge in [-0.25, -0.2) is 9.97 Å². The van der Waals surface area contributed by atoms with Gasteiger partial charge in [0.05, 0.1) is 0 Å². The zero-order valence-corrected chi connectivity index (χ0v) is 10.7. The van der Waals surface area contributed by atoms with Gasteiger partial charge in [0.25, 0.3) is 0 Å². The van der Waals surface area contributed by atoms with E-state index in [9.17, 15) is 8.42 Å². The van der Waals surface area contributed by atoms with Crippen LogP contribution in [0.25, 0.3) is 11.5 Å². The number of hydrogen-bond acceptors (Lipinski definition) is 6. The third-order valence-electron chi connectivity index (χ3n) is 2.17. The van der Waals surface area contributed by atoms with Crippen LogP contribution in [0, 0.1) is 0 Å². The van der Waals surface area contributed by atoms with Crippen LogP contribution in [0.15, 0.2) is 24.5 Å². The van der Waals surface area contributed by atoms with E-state index in [0.717, 1.165) is 8.39 Å². The van der Waals surface area contributed by atoms with E-state index in [2.05, 4.69) is 15.1 Å². The minimum atomic E-state index is -3.62. The normalized spacial score (nSPS) is 11.9. The summed E-state index contributed by atoms with van der Waals surface area (Å²) in [5.41, 5.74) is 5.87. The summed E-state index contributed by atoms with van der Waals surface area (Å²) in [7, 11) is -0.774. The Balaban J connectivity index is 2.43. The Bertz CT molecular complexity index is 663. The number of aromatic nitrogens is 4. The molecule has 18 heavy (non-hydrogen) atoms. The summed E-state index contributed by atoms with van der Waals surface area (Å²) in [6.45, 7) is 0. The second kappa shape index (κ2) is 4.35. The number of hydrogen-bond donors (Lipinski definition) is 1. The van der Waals surface area contributed by atoms with Crippen molar-refractivity contribution in [2.24, 2.45) is 0 Å². The molecule has 2 heterocycles. The highest BCUT2D eigenvalue weighted by Gasteiger charge is 2.18. The summed E-state index contributed by atoms with van der Waals surface area (Å²) in [5.74, 6) is 0.577. The van der Waals surface area contributed by atoms with E-state index in [0.29, 0.717) is 11.5 Å². The molecular formula is C9H12N6O2S. The molecule has 0 atom stereocenters. The van der Waals surface area contributed by atoms with E-state index >= 15 is 0 Å². The van der Waals surface area contributed by atoms with Crippen molar-refractivity contribution in [3.63, 3.8) is 0 Å². The summed E-state index contributed by atoms with van der Waals surface area (Å²) in [5, 5.41) is 3.92. The highest BCUT2D eigenvalue weighted by molar-refractivity contribution is 7.87. The summed E-state index contributed by atoms with van der Waals surface area (Å²) in [4.78, 5) is 7.94. The molecule has 2 rings (SSSR count). The van der Waals surface area contributed by atoms with Crippen molar-refractivity contribution in [2.75, 3.05) is 19.8 Å². The van der Waals surface area contributed by atoms with Crippen molar-refractivity contribution in [1.29, 1.82) is 0 Å². The third kappa shape index (κ3) is 2.17. The molecule has 0 spiro atoms. The maximum atomic E-state index is 11.8. The van der Waals surface area contributed by atoms with E-state index in [1.807, 2.05) is 0 Å². The first-order chi connectivity index (χ1) is 8.41. The van der Waals surface area contributed by atoms with Gasteiger partial charge in [-0.05, 0) is 12.1 Å². The molecule has 2 aromatic rings. The second-order valence-electron chi connectivity index (χ2n) is 3.67. The van der Waals surface area contributed by atoms with Gasteiger partial charge in [0.1, 0.15) is 11.5 Å². The molecule has 0 fully saturated rings. The van der Waals surface area contributed by atoms with Crippen LogP contribution in [-0.2, 0) is 10.2 Å². The zero-order valence-electron chi connectivity index (χ0n) is 9.85. The van der Waals surface area contributed by atoms with Gasteiger partial charge in [-0.15, -0.1) is 0 Å². The molecule has 2 N–H and O–H groups in total. The van der Waals surface area contributed by atoms with Crippen LogP contribution in [-0.4, -0.2) is 46.0 Å². The van der Waals surface area contributed by atoms with Gasteiger partial charge in [0.15, 0.2) is 5.82 Å². The number of nitrogens with zero attached hydrogens (tertiary/aromatic N) is 5. The minimum Gasteiger partial charge on any atom is -0.384 e. The van der Waals surface area contributed by atoms with Crippen LogP contribution in [0.3, 0.4) is 0 Å². The lowest BCUT2D eigenvalue weighted by Gasteiger charge is -2.10. The summed E-state index contributed by atoms with van der Waals surface area (Å²) < 4.78 is 25.5. The molecule has 0 aliphatic carbocycles. The van der Waals surface area contributed by atoms with E-state index in [1.165, 1.54) is 38.6 Å². The van der Waals surface area contributed by atoms with Gasteiger partial charge in [-0.3, -0.25) is 0 Å². The van der Waals surface area contributed by atoms with E-state index < -0.39 is 10.2 Å². The molecule has 0 saturated carbocycles. The molecule has 0 aromatic carbocycles. The fourth-order valence-electron chi connectivity index (χ4n) is 1.22. The smallest absolute Gasteiger partial charge is 0.322 e. The summed E-state index contributed by atoms with van der Waals surface area (Å²) in [6, 6.07) is 3.05. The van der Waals surface area contributed by atoms with Gasteiger partial charge in [-0.1, -0.05) is 0 Å². The standard InChI is InChI=1S/C9H12N6O2S/c1-14(2)18(16,17)15-6-4-7(13-15)9-11-5-3-8(10)12-9/h3-6H,1-2H3,(H2,10,11,12). The predicted molar refractivity (Wildman–Crippen MR) is 65.7 cm³/mol. The van der Waals surface area contributed by atoms with Crippen LogP contribution in [0.5, 0.6) is 0 Å². The molecule has 0 radical (unpaired) electrons. The SMILES string of the molecule is CN(C)S(=O)(=O)n1ccc(-c2nccc(N)n2)n1. The van der Waals surface area contributed by atoms with Gasteiger partial charge < -0.3 is 5.73 Å². The van der Waals surface area contributed by atoms with Crippen LogP contribution in [0.1, 0.15) is 0 Å². The average Bonchev–Trinajstić information content (AvgIpc) is 2.78. The average molecular weight is 268 g/mol. The van der Waals surface area contributed by atoms with Gasteiger partial charge in [0, 0.05) is 26.5 Å². The quantitative estimate of drug-likeness (QED) is 0.810. The van der Waals surface area contributed by atoms with Crippen molar-refractivity contribution in [2.45, 2.75) is 0 Å². The molecule has 8 nitrogen and oxygen atoms in total. The topological polar surface area (TPSA) is 107 Å². The van der Waals surface area contributed by atoms with Gasteiger partial charge >= 0.3 is 10.2 Å². The predicted octanol–water partition coefficient (Wildman–Crippen LogP) is -0.423. The first-order valence-electron chi connectivity index (χ1n) is 4.99. The van der Waals surface area contributed by atoms with Crippen molar-refractivity contribution in [3.8, 4) is 11.5 Å². The first-order valence-corrected chi connectivity index (χ1v) is 6.38. The van der Waals surface area contributed by atoms with E-state index in [1.54, 1.807) is 0 Å². The van der Waals surface area contributed by atoms with Crippen molar-refractivity contribution < 1.29 is 8.42 Å². The highest BCUT2D eigenvalue weighted by Crippen LogP contribution is 2.13. The second-order valence-corrected chi connectivity index (χ2v) is 5.67. The first kappa shape index (κ1) is 12.5. The van der Waals surface area contributed by atoms with Crippen molar-refractivity contribution in [3.05, 3.63) is 24.5 Å². The summed E-state index contributed by atoms with van der Waals surface area (Å²) in [6.07, 6.45) is 2.81. The van der Waals surface area contributed by atoms with Gasteiger partial charge in [-0.2, -0.15) is 21.9 Å². The number of nitrogen functional groups attached to an aromatic ring is 1. The Morgan fingerprint density at radius 2 is 2.06 bits per heavy atom. The summed E-state index contributed by atoms with van der Waals surface area (Å²) >= 11 is 0. The Labute approximate surface area is 104 Å². The monoisotopic (exact) mass is 268 g/mol. The zero-order chi connectivity index (χ0) is 13.3. The fourth-order valence-corrected chi connectivity index (χ4v) is 1.96. The molecular weight excluding hydrogens is 256 g/mol. The Morgan fingerprint density at radius 3 is 2.67 bits per heavy atom. The molecule has 0 amide bonds. The molecule has 0 aliphatic rings. The lowest BCUT2D eigenvalue weighted by Crippen LogP contribution is -2.29. The Kier molecular flexibility index (Phi) is 3.01. The molecule has 0 bridgehead atoms. The molecule has 0 aliphatic heterocycles. The van der Waals surface area contributed by atoms with Crippen LogP contribution in [0.2, 0.25) is 0 Å². The van der Waals surface area contributed by atoms with Crippen molar-refractivity contribution >= 4 is 16.0 Å². The van der Waals surface area contributed by atoms with Crippen LogP contribution in [0.4, 0.5) is 5.82 Å². The maximum absolute atomic E-state index is 11.8. The maximum Gasteiger partial charge on any atom is 0.322 e. The Hall–Kier alpha value is -2.00. The Morgan fingerprint density at radius 1 is 1.33 bits per heavy atom. The molecule has 9 heteroatoms. The lowest BCUT2D eigenvalue weighted by molar-refractivity contribution is 0.504. The number of nitrogens with two attached hydrogens (primary N) is 1. The minimum absolute atomic E-state index is 0.280. The fraction of sp³-hybridized carbons (Fsp3) is 0.222. The molecule has 96 valence electrons. The van der Waals surface area contributed by atoms with Crippen molar-refractivity contribution in [1.82, 2.24) is 23.5 Å². The van der Waals surface area contributed by atoms with Crippen LogP contribution < -0.4 is 5.73 Å². The van der Waals surface area contributed by atoms with E-state index in [4.69, 9.17) is 5.73 Å². The molecule has 2 aromatic heterocycles. The molecule has 0 unspecified atom stereocenters. The van der Waals surface area contributed by atoms with Gasteiger partial charge in [0.2, 0.25) is 0 Å². The number of anilines is 1.